The number of nitrogens with zero attached hydrogens (tertiary/aromatic N) is 1. The normalized spacial score (nSPS) is 12.5. The lowest BCUT2D eigenvalue weighted by molar-refractivity contribution is -0.117. The van der Waals surface area contributed by atoms with Crippen molar-refractivity contribution in [2.24, 2.45) is 5.10 Å². The summed E-state index contributed by atoms with van der Waals surface area (Å²) in [6, 6.07) is 22.3. The third kappa shape index (κ3) is 5.72. The summed E-state index contributed by atoms with van der Waals surface area (Å²) in [4.78, 5) is 25.8. The third-order valence-corrected chi connectivity index (χ3v) is 6.26. The number of hydrogen-bond acceptors (Lipinski definition) is 6. The standard InChI is InChI=1S/C28H19Cl2N3O5/c29-21-8-4-7-20(26(21)30)23-12-10-19(38-23)15-31-33-28(35)22(32-27(34)18-5-2-1-3-6-18)13-17-9-11-24-25(14-17)37-16-36-24/h1-15H,16H2,(H,32,34)(H,33,35)/b22-13+,31-15-. The summed E-state index contributed by atoms with van der Waals surface area (Å²) in [5, 5.41) is 7.40. The van der Waals surface area contributed by atoms with Crippen LogP contribution in [0.25, 0.3) is 17.4 Å². The molecular weight excluding hydrogens is 529 g/mol. The number of fused-ring (bicyclic) bond motifs is 1. The van der Waals surface area contributed by atoms with E-state index in [0.717, 1.165) is 0 Å². The highest BCUT2D eigenvalue weighted by Gasteiger charge is 2.17. The fourth-order valence-electron chi connectivity index (χ4n) is 3.59. The number of carbonyl (C=O) groups excluding carboxylic acids is 2. The van der Waals surface area contributed by atoms with Crippen molar-refractivity contribution in [1.82, 2.24) is 10.7 Å². The van der Waals surface area contributed by atoms with Crippen LogP contribution in [0, 0.1) is 0 Å². The number of amides is 2. The highest BCUT2D eigenvalue weighted by atomic mass is 35.5. The van der Waals surface area contributed by atoms with Gasteiger partial charge in [0.2, 0.25) is 6.79 Å². The maximum atomic E-state index is 13.0. The number of carbonyl (C=O) groups is 2. The van der Waals surface area contributed by atoms with Crippen molar-refractivity contribution in [3.05, 3.63) is 111 Å². The van der Waals surface area contributed by atoms with Gasteiger partial charge in [-0.3, -0.25) is 9.59 Å². The van der Waals surface area contributed by atoms with E-state index < -0.39 is 11.8 Å². The summed E-state index contributed by atoms with van der Waals surface area (Å²) in [6.45, 7) is 0.118. The zero-order chi connectivity index (χ0) is 26.5. The van der Waals surface area contributed by atoms with Gasteiger partial charge in [-0.2, -0.15) is 5.10 Å². The van der Waals surface area contributed by atoms with Crippen LogP contribution in [-0.4, -0.2) is 24.8 Å². The molecule has 38 heavy (non-hydrogen) atoms. The fraction of sp³-hybridized carbons (Fsp3) is 0.0357. The second-order valence-corrected chi connectivity index (χ2v) is 8.78. The summed E-state index contributed by atoms with van der Waals surface area (Å²) in [5.41, 5.74) is 4.02. The molecule has 0 saturated carbocycles. The lowest BCUT2D eigenvalue weighted by Gasteiger charge is -2.09. The predicted octanol–water partition coefficient (Wildman–Crippen LogP) is 5.90. The smallest absolute Gasteiger partial charge is 0.287 e. The molecule has 1 aliphatic rings. The van der Waals surface area contributed by atoms with Crippen LogP contribution in [0.2, 0.25) is 10.0 Å². The SMILES string of the molecule is O=C(N/N=C\c1ccc(-c2cccc(Cl)c2Cl)o1)/C(=C\c1ccc2c(c1)OCO2)NC(=O)c1ccccc1. The van der Waals surface area contributed by atoms with Gasteiger partial charge in [0.1, 0.15) is 17.2 Å². The maximum absolute atomic E-state index is 13.0. The van der Waals surface area contributed by atoms with Gasteiger partial charge in [-0.1, -0.05) is 53.5 Å². The zero-order valence-electron chi connectivity index (χ0n) is 19.6. The Kier molecular flexibility index (Phi) is 7.44. The molecule has 8 nitrogen and oxygen atoms in total. The Morgan fingerprint density at radius 3 is 2.55 bits per heavy atom. The minimum absolute atomic E-state index is 0.0271. The molecule has 2 N–H and O–H groups in total. The number of rotatable bonds is 7. The highest BCUT2D eigenvalue weighted by Crippen LogP contribution is 2.34. The summed E-state index contributed by atoms with van der Waals surface area (Å²) >= 11 is 12.3. The number of hydrazone groups is 1. The molecule has 1 aromatic heterocycles. The first-order chi connectivity index (χ1) is 18.5. The van der Waals surface area contributed by atoms with E-state index >= 15 is 0 Å². The Labute approximate surface area is 227 Å². The third-order valence-electron chi connectivity index (χ3n) is 5.44. The number of ether oxygens (including phenoxy) is 2. The van der Waals surface area contributed by atoms with Gasteiger partial charge in [0, 0.05) is 11.1 Å². The van der Waals surface area contributed by atoms with Crippen molar-refractivity contribution in [2.75, 3.05) is 6.79 Å². The Morgan fingerprint density at radius 2 is 1.71 bits per heavy atom. The Morgan fingerprint density at radius 1 is 0.895 bits per heavy atom. The van der Waals surface area contributed by atoms with Gasteiger partial charge >= 0.3 is 0 Å². The van der Waals surface area contributed by atoms with Crippen LogP contribution >= 0.6 is 23.2 Å². The lowest BCUT2D eigenvalue weighted by Crippen LogP contribution is -2.32. The minimum Gasteiger partial charge on any atom is -0.455 e. The summed E-state index contributed by atoms with van der Waals surface area (Å²) in [5.74, 6) is 0.899. The van der Waals surface area contributed by atoms with Crippen molar-refractivity contribution < 1.29 is 23.5 Å². The van der Waals surface area contributed by atoms with Gasteiger partial charge in [0.05, 0.1) is 16.3 Å². The van der Waals surface area contributed by atoms with Crippen LogP contribution in [0.4, 0.5) is 0 Å². The van der Waals surface area contributed by atoms with E-state index in [1.807, 2.05) is 0 Å². The number of nitrogens with one attached hydrogen (secondary N) is 2. The average molecular weight is 548 g/mol. The van der Waals surface area contributed by atoms with Crippen LogP contribution in [0.1, 0.15) is 21.7 Å². The first-order valence-corrected chi connectivity index (χ1v) is 12.1. The molecule has 0 radical (unpaired) electrons. The van der Waals surface area contributed by atoms with Crippen LogP contribution in [-0.2, 0) is 4.79 Å². The Bertz CT molecular complexity index is 1560. The molecular formula is C28H19Cl2N3O5. The van der Waals surface area contributed by atoms with Gasteiger partial charge in [-0.15, -0.1) is 0 Å². The van der Waals surface area contributed by atoms with Gasteiger partial charge in [0.25, 0.3) is 11.8 Å². The fourth-order valence-corrected chi connectivity index (χ4v) is 3.98. The number of halogens is 2. The van der Waals surface area contributed by atoms with E-state index in [0.29, 0.717) is 49.8 Å². The molecule has 0 unspecified atom stereocenters. The topological polar surface area (TPSA) is 102 Å². The average Bonchev–Trinajstić information content (AvgIpc) is 3.60. The summed E-state index contributed by atoms with van der Waals surface area (Å²) < 4.78 is 16.5. The summed E-state index contributed by atoms with van der Waals surface area (Å²) in [7, 11) is 0. The van der Waals surface area contributed by atoms with E-state index in [1.54, 1.807) is 78.9 Å². The monoisotopic (exact) mass is 547 g/mol. The van der Waals surface area contributed by atoms with Crippen molar-refractivity contribution in [3.63, 3.8) is 0 Å². The molecule has 4 aromatic rings. The second-order valence-electron chi connectivity index (χ2n) is 7.99. The molecule has 5 rings (SSSR count). The highest BCUT2D eigenvalue weighted by molar-refractivity contribution is 6.43. The molecule has 0 atom stereocenters. The summed E-state index contributed by atoms with van der Waals surface area (Å²) in [6.07, 6.45) is 2.84. The van der Waals surface area contributed by atoms with Crippen molar-refractivity contribution in [1.29, 1.82) is 0 Å². The van der Waals surface area contributed by atoms with E-state index in [1.165, 1.54) is 12.3 Å². The lowest BCUT2D eigenvalue weighted by atomic mass is 10.1. The van der Waals surface area contributed by atoms with Gasteiger partial charge in [0.15, 0.2) is 11.5 Å². The van der Waals surface area contributed by atoms with Crippen LogP contribution in [0.5, 0.6) is 11.5 Å². The maximum Gasteiger partial charge on any atom is 0.287 e. The number of benzene rings is 3. The van der Waals surface area contributed by atoms with Crippen molar-refractivity contribution >= 4 is 47.3 Å². The van der Waals surface area contributed by atoms with Gasteiger partial charge in [-0.05, 0) is 60.2 Å². The molecule has 2 heterocycles. The molecule has 1 aliphatic heterocycles. The second kappa shape index (κ2) is 11.2. The molecule has 10 heteroatoms. The molecule has 3 aromatic carbocycles. The molecule has 0 fully saturated rings. The Hall–Kier alpha value is -4.53. The van der Waals surface area contributed by atoms with Gasteiger partial charge < -0.3 is 19.2 Å². The number of furan rings is 1. The molecule has 0 spiro atoms. The van der Waals surface area contributed by atoms with Crippen molar-refractivity contribution in [3.8, 4) is 22.8 Å². The number of hydrogen-bond donors (Lipinski definition) is 2. The van der Waals surface area contributed by atoms with Crippen LogP contribution in [0.3, 0.4) is 0 Å². The molecule has 0 aliphatic carbocycles. The first kappa shape index (κ1) is 25.1. The molecule has 0 bridgehead atoms. The molecule has 2 amide bonds. The molecule has 0 saturated heterocycles. The zero-order valence-corrected chi connectivity index (χ0v) is 21.1. The van der Waals surface area contributed by atoms with Crippen LogP contribution < -0.4 is 20.2 Å². The van der Waals surface area contributed by atoms with E-state index in [4.69, 9.17) is 37.1 Å². The largest absolute Gasteiger partial charge is 0.455 e. The molecule has 190 valence electrons. The van der Waals surface area contributed by atoms with Gasteiger partial charge in [-0.25, -0.2) is 5.43 Å². The predicted molar refractivity (Wildman–Crippen MR) is 144 cm³/mol. The quantitative estimate of drug-likeness (QED) is 0.170. The Balaban J connectivity index is 1.34. The van der Waals surface area contributed by atoms with E-state index in [-0.39, 0.29) is 12.5 Å². The van der Waals surface area contributed by atoms with Crippen molar-refractivity contribution in [2.45, 2.75) is 0 Å². The first-order valence-electron chi connectivity index (χ1n) is 11.3. The van der Waals surface area contributed by atoms with Crippen LogP contribution in [0.15, 0.2) is 94.1 Å². The minimum atomic E-state index is -0.645. The van der Waals surface area contributed by atoms with E-state index in [2.05, 4.69) is 15.8 Å². The van der Waals surface area contributed by atoms with E-state index in [9.17, 15) is 9.59 Å².